The fourth-order valence-electron chi connectivity index (χ4n) is 11.5. The van der Waals surface area contributed by atoms with E-state index in [4.69, 9.17) is 23.2 Å². The minimum atomic E-state index is -0.544. The number of nitrogens with zero attached hydrogens (tertiary/aromatic N) is 1. The Morgan fingerprint density at radius 2 is 1.74 bits per heavy atom. The van der Waals surface area contributed by atoms with E-state index in [1.807, 2.05) is 0 Å². The van der Waals surface area contributed by atoms with Gasteiger partial charge in [0.2, 0.25) is 0 Å². The van der Waals surface area contributed by atoms with Crippen LogP contribution in [0, 0.1) is 46.3 Å². The number of hydrogen-bond donors (Lipinski definition) is 1. The minimum absolute atomic E-state index is 0.0686. The molecule has 8 rings (SSSR count). The summed E-state index contributed by atoms with van der Waals surface area (Å²) in [4.78, 5) is 2.98. The summed E-state index contributed by atoms with van der Waals surface area (Å²) >= 11 is 13.1. The van der Waals surface area contributed by atoms with Gasteiger partial charge in [-0.2, -0.15) is 0 Å². The molecular weight excluding hydrogens is 605 g/mol. The molecule has 2 saturated carbocycles. The maximum atomic E-state index is 11.6. The lowest BCUT2D eigenvalue weighted by atomic mass is 9.58. The van der Waals surface area contributed by atoms with E-state index in [1.54, 1.807) is 16.8 Å². The van der Waals surface area contributed by atoms with E-state index in [2.05, 4.69) is 94.2 Å². The summed E-state index contributed by atoms with van der Waals surface area (Å²) in [5.74, 6) is 2.76. The molecule has 1 aliphatic heterocycles. The van der Waals surface area contributed by atoms with Gasteiger partial charge in [-0.3, -0.25) is 0 Å². The van der Waals surface area contributed by atoms with Crippen LogP contribution >= 0.6 is 23.2 Å². The average Bonchev–Trinajstić information content (AvgIpc) is 3.43. The first-order chi connectivity index (χ1) is 22.0. The van der Waals surface area contributed by atoms with Crippen molar-refractivity contribution in [2.75, 3.05) is 0 Å². The molecule has 1 heterocycles. The molecule has 1 N–H and O–H groups in total. The zero-order valence-electron chi connectivity index (χ0n) is 28.5. The Balaban J connectivity index is 1.17. The largest absolute Gasteiger partial charge is 0.384 e. The Morgan fingerprint density at radius 1 is 0.978 bits per heavy atom. The Hall–Kier alpha value is -1.74. The van der Waals surface area contributed by atoms with Gasteiger partial charge in [0.05, 0.1) is 17.5 Å². The van der Waals surface area contributed by atoms with Crippen LogP contribution in [-0.2, 0) is 0 Å². The van der Waals surface area contributed by atoms with E-state index >= 15 is 0 Å². The van der Waals surface area contributed by atoms with Gasteiger partial charge in [0.15, 0.2) is 0 Å². The molecule has 46 heavy (non-hydrogen) atoms. The van der Waals surface area contributed by atoms with Crippen LogP contribution in [0.1, 0.15) is 92.4 Å². The van der Waals surface area contributed by atoms with Crippen LogP contribution in [0.4, 0.5) is 0 Å². The second kappa shape index (κ2) is 11.4. The first kappa shape index (κ1) is 31.5. The molecule has 246 valence electrons. The van der Waals surface area contributed by atoms with E-state index in [1.165, 1.54) is 49.7 Å². The van der Waals surface area contributed by atoms with Crippen molar-refractivity contribution >= 4 is 23.2 Å². The summed E-state index contributed by atoms with van der Waals surface area (Å²) in [7, 11) is 0. The molecule has 9 atom stereocenters. The van der Waals surface area contributed by atoms with Crippen LogP contribution in [0.25, 0.3) is 0 Å². The summed E-state index contributed by atoms with van der Waals surface area (Å²) in [6, 6.07) is 1.08. The Labute approximate surface area is 287 Å². The number of aliphatic hydroxyl groups is 1. The lowest BCUT2D eigenvalue weighted by Gasteiger charge is -2.58. The topological polar surface area (TPSA) is 23.5 Å². The molecule has 0 saturated heterocycles. The number of aliphatic hydroxyl groups excluding tert-OH is 1. The van der Waals surface area contributed by atoms with Crippen molar-refractivity contribution in [2.24, 2.45) is 46.3 Å². The van der Waals surface area contributed by atoms with Crippen LogP contribution in [0.5, 0.6) is 0 Å². The highest BCUT2D eigenvalue weighted by atomic mass is 35.5. The quantitative estimate of drug-likeness (QED) is 0.241. The predicted octanol–water partition coefficient (Wildman–Crippen LogP) is 10.6. The molecule has 0 aromatic carbocycles. The standard InChI is InChI=1S/C42H53Cl2NO/c1-6-26-28-21-36(43)37(44)22-31(28)40(46)30(26)18-24-16-17-38-34(19-24)42(4,5)35-20-29-27-14-10-11-15-32(27)41(2,3)33(29)23-39(35)45(38)25-12-8-7-9-13-25/h10-11,14-18,20-21,24-27,32-34,37-38,40,46H,6-9,12-13,19,22-23H2,1-5H3/b30-18-. The molecule has 0 bridgehead atoms. The van der Waals surface area contributed by atoms with E-state index in [-0.39, 0.29) is 22.1 Å². The maximum Gasteiger partial charge on any atom is 0.0973 e. The normalized spacial score (nSPS) is 41.6. The molecule has 0 radical (unpaired) electrons. The van der Waals surface area contributed by atoms with Gasteiger partial charge in [0.25, 0.3) is 0 Å². The molecule has 2 nitrogen and oxygen atoms in total. The summed E-state index contributed by atoms with van der Waals surface area (Å²) in [5.41, 5.74) is 8.78. The number of allylic oxidation sites excluding steroid dienone is 13. The molecule has 0 spiro atoms. The predicted molar refractivity (Wildman–Crippen MR) is 192 cm³/mol. The summed E-state index contributed by atoms with van der Waals surface area (Å²) < 4.78 is 0. The zero-order valence-corrected chi connectivity index (χ0v) is 30.0. The molecule has 2 fully saturated rings. The second-order valence-corrected chi connectivity index (χ2v) is 17.9. The lowest BCUT2D eigenvalue weighted by molar-refractivity contribution is 0.0395. The van der Waals surface area contributed by atoms with Gasteiger partial charge in [-0.15, -0.1) is 11.6 Å². The number of rotatable bonds is 3. The lowest BCUT2D eigenvalue weighted by Crippen LogP contribution is -2.56. The molecule has 0 aromatic heterocycles. The van der Waals surface area contributed by atoms with Gasteiger partial charge in [0.1, 0.15) is 0 Å². The third-order valence-electron chi connectivity index (χ3n) is 14.0. The van der Waals surface area contributed by atoms with Crippen molar-refractivity contribution in [2.45, 2.75) is 116 Å². The SMILES string of the molecule is CCC1C2=C(CC(Cl)C(Cl)=C2)C(O)/C1=C\C1C=CC2C(C1)C(C)(C)C1=C(CC3C(=C1)C1C=CC=CC1C3(C)C)N2C1CCCCC1. The van der Waals surface area contributed by atoms with Crippen molar-refractivity contribution in [1.29, 1.82) is 0 Å². The monoisotopic (exact) mass is 657 g/mol. The van der Waals surface area contributed by atoms with E-state index in [0.717, 1.165) is 18.4 Å². The third-order valence-corrected chi connectivity index (χ3v) is 14.9. The van der Waals surface area contributed by atoms with Gasteiger partial charge in [-0.25, -0.2) is 0 Å². The molecule has 4 heteroatoms. The Kier molecular flexibility index (Phi) is 7.82. The van der Waals surface area contributed by atoms with E-state index < -0.39 is 6.10 Å². The zero-order chi connectivity index (χ0) is 32.1. The van der Waals surface area contributed by atoms with Crippen molar-refractivity contribution in [3.8, 4) is 0 Å². The summed E-state index contributed by atoms with van der Waals surface area (Å²) in [6.07, 6.45) is 32.0. The smallest absolute Gasteiger partial charge is 0.0973 e. The number of halogens is 2. The highest BCUT2D eigenvalue weighted by molar-refractivity contribution is 6.37. The maximum absolute atomic E-state index is 11.6. The highest BCUT2D eigenvalue weighted by Gasteiger charge is 2.56. The van der Waals surface area contributed by atoms with Gasteiger partial charge in [-0.1, -0.05) is 120 Å². The Bertz CT molecular complexity index is 1540. The van der Waals surface area contributed by atoms with Crippen LogP contribution < -0.4 is 0 Å². The molecule has 0 aromatic rings. The van der Waals surface area contributed by atoms with E-state index in [0.29, 0.717) is 53.1 Å². The Morgan fingerprint density at radius 3 is 2.50 bits per heavy atom. The fourth-order valence-corrected chi connectivity index (χ4v) is 11.9. The molecule has 9 unspecified atom stereocenters. The van der Waals surface area contributed by atoms with Crippen LogP contribution in [-0.4, -0.2) is 33.6 Å². The van der Waals surface area contributed by atoms with E-state index in [9.17, 15) is 5.11 Å². The molecule has 0 amide bonds. The van der Waals surface area contributed by atoms with Crippen molar-refractivity contribution in [3.05, 3.63) is 93.3 Å². The number of hydrogen-bond acceptors (Lipinski definition) is 2. The van der Waals surface area contributed by atoms with Gasteiger partial charge in [0, 0.05) is 28.6 Å². The first-order valence-electron chi connectivity index (χ1n) is 18.4. The van der Waals surface area contributed by atoms with Gasteiger partial charge in [-0.05, 0) is 101 Å². The number of alkyl halides is 1. The van der Waals surface area contributed by atoms with Gasteiger partial charge >= 0.3 is 0 Å². The van der Waals surface area contributed by atoms with Gasteiger partial charge < -0.3 is 10.0 Å². The van der Waals surface area contributed by atoms with Crippen molar-refractivity contribution in [1.82, 2.24) is 4.90 Å². The van der Waals surface area contributed by atoms with Crippen LogP contribution in [0.15, 0.2) is 93.3 Å². The summed E-state index contributed by atoms with van der Waals surface area (Å²) in [6.45, 7) is 12.4. The fraction of sp³-hybridized carbons (Fsp3) is 0.619. The summed E-state index contributed by atoms with van der Waals surface area (Å²) in [5, 5.41) is 12.1. The molecule has 8 aliphatic rings. The van der Waals surface area contributed by atoms with Crippen molar-refractivity contribution in [3.63, 3.8) is 0 Å². The van der Waals surface area contributed by atoms with Crippen LogP contribution in [0.2, 0.25) is 0 Å². The highest BCUT2D eigenvalue weighted by Crippen LogP contribution is 2.64. The average molecular weight is 659 g/mol. The molecule has 7 aliphatic carbocycles. The first-order valence-corrected chi connectivity index (χ1v) is 19.2. The van der Waals surface area contributed by atoms with Crippen LogP contribution in [0.3, 0.4) is 0 Å². The number of fused-ring (bicyclic) bond motifs is 4. The molecular formula is C42H53Cl2NO. The second-order valence-electron chi connectivity index (χ2n) is 16.9. The van der Waals surface area contributed by atoms with Crippen molar-refractivity contribution < 1.29 is 5.11 Å². The third kappa shape index (κ3) is 4.66. The minimum Gasteiger partial charge on any atom is -0.384 e.